The van der Waals surface area contributed by atoms with Crippen LogP contribution in [0.1, 0.15) is 91.9 Å². The normalized spacial score (nSPS) is 49.6. The quantitative estimate of drug-likeness (QED) is 0.250. The highest BCUT2D eigenvalue weighted by Crippen LogP contribution is 2.71. The summed E-state index contributed by atoms with van der Waals surface area (Å²) in [5.41, 5.74) is -5.30. The molecule has 12 atom stereocenters. The Kier molecular flexibility index (Phi) is 7.97. The molecule has 0 aromatic carbocycles. The van der Waals surface area contributed by atoms with Crippen LogP contribution in [0.5, 0.6) is 0 Å². The molecular formula is C27H48O9S. The molecule has 4 aliphatic rings. The molecule has 4 fully saturated rings. The molecule has 0 aromatic rings. The van der Waals surface area contributed by atoms with Gasteiger partial charge < -0.3 is 25.5 Å². The van der Waals surface area contributed by atoms with Crippen molar-refractivity contribution < 1.29 is 42.7 Å². The standard InChI is InChI=1S/C27H48O9S/c1-16(15-28)6-5-7-17(2)19-13-23(36-37(33,34)35)27(32)25(19,4)11-9-22-24(3)10-8-18(29)12-20(24)21(30)14-26(22,27)31/h16-23,28-32H,5-15H2,1-4H3,(H,33,34,35)/t16-,17-,18+,19-,20-,21+,22-,23-,24+,25-,26+,27+/m1/s1. The number of hydrogen-bond donors (Lipinski definition) is 6. The van der Waals surface area contributed by atoms with Crippen molar-refractivity contribution in [2.75, 3.05) is 6.61 Å². The fourth-order valence-electron chi connectivity index (χ4n) is 9.61. The highest BCUT2D eigenvalue weighted by Gasteiger charge is 2.79. The molecule has 0 aliphatic heterocycles. The molecule has 4 rings (SSSR count). The summed E-state index contributed by atoms with van der Waals surface area (Å²) in [6.45, 7) is 8.09. The van der Waals surface area contributed by atoms with Gasteiger partial charge in [-0.2, -0.15) is 8.42 Å². The smallest absolute Gasteiger partial charge is 0.396 e. The molecule has 0 bridgehead atoms. The van der Waals surface area contributed by atoms with E-state index in [2.05, 4.69) is 6.92 Å². The minimum Gasteiger partial charge on any atom is -0.396 e. The number of rotatable bonds is 8. The van der Waals surface area contributed by atoms with Crippen molar-refractivity contribution in [3.05, 3.63) is 0 Å². The maximum atomic E-state index is 12.6. The van der Waals surface area contributed by atoms with Gasteiger partial charge in [0.15, 0.2) is 0 Å². The van der Waals surface area contributed by atoms with Crippen LogP contribution >= 0.6 is 0 Å². The summed E-state index contributed by atoms with van der Waals surface area (Å²) in [6, 6.07) is 0. The van der Waals surface area contributed by atoms with Crippen LogP contribution in [0, 0.1) is 40.4 Å². The largest absolute Gasteiger partial charge is 0.397 e. The summed E-state index contributed by atoms with van der Waals surface area (Å²) in [6.07, 6.45) is 2.40. The van der Waals surface area contributed by atoms with E-state index in [9.17, 15) is 38.5 Å². The Hall–Kier alpha value is -0.330. The molecule has 37 heavy (non-hydrogen) atoms. The zero-order valence-electron chi connectivity index (χ0n) is 22.7. The molecule has 0 heterocycles. The van der Waals surface area contributed by atoms with E-state index in [4.69, 9.17) is 4.18 Å². The average Bonchev–Trinajstić information content (AvgIpc) is 3.02. The van der Waals surface area contributed by atoms with Gasteiger partial charge in [-0.3, -0.25) is 4.55 Å². The summed E-state index contributed by atoms with van der Waals surface area (Å²) < 4.78 is 38.8. The van der Waals surface area contributed by atoms with Gasteiger partial charge in [-0.1, -0.05) is 40.5 Å². The van der Waals surface area contributed by atoms with Gasteiger partial charge >= 0.3 is 10.4 Å². The second-order valence-electron chi connectivity index (χ2n) is 13.6. The zero-order valence-corrected chi connectivity index (χ0v) is 23.5. The van der Waals surface area contributed by atoms with Crippen molar-refractivity contribution in [2.45, 2.75) is 121 Å². The van der Waals surface area contributed by atoms with Crippen molar-refractivity contribution in [1.82, 2.24) is 0 Å². The highest BCUT2D eigenvalue weighted by molar-refractivity contribution is 7.80. The van der Waals surface area contributed by atoms with E-state index in [0.717, 1.165) is 19.3 Å². The van der Waals surface area contributed by atoms with Crippen LogP contribution in [0.4, 0.5) is 0 Å². The van der Waals surface area contributed by atoms with Crippen molar-refractivity contribution >= 4 is 10.4 Å². The monoisotopic (exact) mass is 548 g/mol. The van der Waals surface area contributed by atoms with E-state index < -0.39 is 56.7 Å². The highest BCUT2D eigenvalue weighted by atomic mass is 32.3. The molecular weight excluding hydrogens is 500 g/mol. The molecule has 0 radical (unpaired) electrons. The van der Waals surface area contributed by atoms with E-state index in [1.165, 1.54) is 0 Å². The van der Waals surface area contributed by atoms with Crippen molar-refractivity contribution in [3.8, 4) is 0 Å². The molecule has 0 amide bonds. The Morgan fingerprint density at radius 3 is 2.32 bits per heavy atom. The third-order valence-corrected chi connectivity index (χ3v) is 12.1. The lowest BCUT2D eigenvalue weighted by molar-refractivity contribution is -0.328. The zero-order chi connectivity index (χ0) is 27.6. The van der Waals surface area contributed by atoms with E-state index in [1.807, 2.05) is 20.8 Å². The van der Waals surface area contributed by atoms with Gasteiger partial charge in [0.05, 0.1) is 12.2 Å². The Balaban J connectivity index is 1.73. The van der Waals surface area contributed by atoms with Gasteiger partial charge in [0.1, 0.15) is 17.3 Å². The molecule has 6 N–H and O–H groups in total. The molecule has 0 unspecified atom stereocenters. The fourth-order valence-corrected chi connectivity index (χ4v) is 10.1. The Morgan fingerprint density at radius 2 is 1.70 bits per heavy atom. The van der Waals surface area contributed by atoms with Crippen LogP contribution in [0.15, 0.2) is 0 Å². The minimum atomic E-state index is -4.92. The third-order valence-electron chi connectivity index (χ3n) is 11.6. The fraction of sp³-hybridized carbons (Fsp3) is 1.00. The van der Waals surface area contributed by atoms with Crippen LogP contribution in [0.25, 0.3) is 0 Å². The van der Waals surface area contributed by atoms with Gasteiger partial charge in [-0.05, 0) is 80.0 Å². The Bertz CT molecular complexity index is 944. The lowest BCUT2D eigenvalue weighted by Gasteiger charge is -2.68. The summed E-state index contributed by atoms with van der Waals surface area (Å²) in [5, 5.41) is 56.1. The van der Waals surface area contributed by atoms with Gasteiger partial charge in [-0.15, -0.1) is 0 Å². The van der Waals surface area contributed by atoms with Gasteiger partial charge in [0.2, 0.25) is 0 Å². The predicted octanol–water partition coefficient (Wildman–Crippen LogP) is 2.44. The number of fused-ring (bicyclic) bond motifs is 5. The molecule has 216 valence electrons. The SMILES string of the molecule is C[C@@H](CO)CCC[C@@H](C)[C@H]1C[C@@H](OS(=O)(=O)O)[C@]2(O)[C@]1(C)CC[C@@H]1[C@@]3(C)CC[C@H](O)C[C@@H]3[C@@H](O)C[C@]12O. The number of hydrogen-bond acceptors (Lipinski definition) is 8. The van der Waals surface area contributed by atoms with Gasteiger partial charge in [-0.25, -0.2) is 4.18 Å². The third kappa shape index (κ3) is 4.61. The second-order valence-corrected chi connectivity index (χ2v) is 14.6. The predicted molar refractivity (Wildman–Crippen MR) is 137 cm³/mol. The molecule has 0 saturated heterocycles. The summed E-state index contributed by atoms with van der Waals surface area (Å²) >= 11 is 0. The molecule has 9 nitrogen and oxygen atoms in total. The van der Waals surface area contributed by atoms with Gasteiger partial charge in [0.25, 0.3) is 0 Å². The van der Waals surface area contributed by atoms with Crippen molar-refractivity contribution in [3.63, 3.8) is 0 Å². The first-order chi connectivity index (χ1) is 17.0. The first-order valence-corrected chi connectivity index (χ1v) is 15.5. The molecule has 0 aromatic heterocycles. The summed E-state index contributed by atoms with van der Waals surface area (Å²) in [5.74, 6) is -0.596. The maximum Gasteiger partial charge on any atom is 0.397 e. The topological polar surface area (TPSA) is 165 Å². The van der Waals surface area contributed by atoms with Crippen LogP contribution in [-0.4, -0.2) is 74.6 Å². The van der Waals surface area contributed by atoms with Crippen molar-refractivity contribution in [2.24, 2.45) is 40.4 Å². The Morgan fingerprint density at radius 1 is 1.03 bits per heavy atom. The first kappa shape index (κ1) is 29.6. The van der Waals surface area contributed by atoms with E-state index in [-0.39, 0.29) is 43.1 Å². The van der Waals surface area contributed by atoms with E-state index >= 15 is 0 Å². The molecule has 10 heteroatoms. The van der Waals surface area contributed by atoms with Crippen molar-refractivity contribution in [1.29, 1.82) is 0 Å². The Labute approximate surface area is 221 Å². The van der Waals surface area contributed by atoms with Crippen LogP contribution in [0.2, 0.25) is 0 Å². The first-order valence-electron chi connectivity index (χ1n) is 14.1. The number of aliphatic hydroxyl groups is 5. The second kappa shape index (κ2) is 9.94. The maximum absolute atomic E-state index is 12.6. The lowest BCUT2D eigenvalue weighted by Crippen LogP contribution is -2.77. The summed E-state index contributed by atoms with van der Waals surface area (Å²) in [4.78, 5) is 0. The molecule has 4 saturated carbocycles. The van der Waals surface area contributed by atoms with Gasteiger partial charge in [0, 0.05) is 18.4 Å². The number of aliphatic hydroxyl groups excluding tert-OH is 3. The molecule has 0 spiro atoms. The summed E-state index contributed by atoms with van der Waals surface area (Å²) in [7, 11) is -4.92. The van der Waals surface area contributed by atoms with E-state index in [1.54, 1.807) is 0 Å². The van der Waals surface area contributed by atoms with E-state index in [0.29, 0.717) is 32.1 Å². The van der Waals surface area contributed by atoms with Crippen LogP contribution in [-0.2, 0) is 14.6 Å². The van der Waals surface area contributed by atoms with Crippen LogP contribution in [0.3, 0.4) is 0 Å². The average molecular weight is 549 g/mol. The minimum absolute atomic E-state index is 0.0687. The lowest BCUT2D eigenvalue weighted by atomic mass is 9.40. The molecule has 4 aliphatic carbocycles. The van der Waals surface area contributed by atoms with Crippen LogP contribution < -0.4 is 0 Å².